The van der Waals surface area contributed by atoms with E-state index in [4.69, 9.17) is 0 Å². The molecule has 1 aromatic heterocycles. The van der Waals surface area contributed by atoms with Gasteiger partial charge in [0.2, 0.25) is 5.91 Å². The Balaban J connectivity index is 1.43. The highest BCUT2D eigenvalue weighted by Gasteiger charge is 2.33. The first-order valence-electron chi connectivity index (χ1n) is 7.96. The van der Waals surface area contributed by atoms with Crippen molar-refractivity contribution in [3.63, 3.8) is 0 Å². The fourth-order valence-corrected chi connectivity index (χ4v) is 4.20. The average molecular weight is 308 g/mol. The van der Waals surface area contributed by atoms with Crippen molar-refractivity contribution in [3.8, 4) is 0 Å². The summed E-state index contributed by atoms with van der Waals surface area (Å²) in [6.45, 7) is 3.44. The lowest BCUT2D eigenvalue weighted by molar-refractivity contribution is -0.133. The SMILES string of the molecule is O=C(CCc1cccs1)N1CCN([C@@H]2CCC[C@@H]2O)CC1. The van der Waals surface area contributed by atoms with Gasteiger partial charge in [0, 0.05) is 43.5 Å². The molecule has 0 unspecified atom stereocenters. The Bertz CT molecular complexity index is 455. The fraction of sp³-hybridized carbons (Fsp3) is 0.688. The Morgan fingerprint density at radius 3 is 2.71 bits per heavy atom. The Morgan fingerprint density at radius 1 is 1.29 bits per heavy atom. The lowest BCUT2D eigenvalue weighted by atomic mass is 10.1. The number of nitrogens with zero attached hydrogens (tertiary/aromatic N) is 2. The first-order chi connectivity index (χ1) is 10.2. The van der Waals surface area contributed by atoms with Crippen molar-refractivity contribution in [2.24, 2.45) is 0 Å². The molecule has 0 spiro atoms. The van der Waals surface area contributed by atoms with Crippen LogP contribution in [0.1, 0.15) is 30.6 Å². The van der Waals surface area contributed by atoms with E-state index in [1.165, 1.54) is 4.88 Å². The molecule has 2 atom stereocenters. The molecule has 1 amide bonds. The van der Waals surface area contributed by atoms with Crippen LogP contribution >= 0.6 is 11.3 Å². The van der Waals surface area contributed by atoms with Gasteiger partial charge in [-0.1, -0.05) is 6.07 Å². The molecular formula is C16H24N2O2S. The van der Waals surface area contributed by atoms with E-state index in [2.05, 4.69) is 16.3 Å². The number of rotatable bonds is 4. The van der Waals surface area contributed by atoms with Gasteiger partial charge in [-0.2, -0.15) is 0 Å². The molecule has 3 rings (SSSR count). The van der Waals surface area contributed by atoms with Crippen molar-refractivity contribution in [2.45, 2.75) is 44.2 Å². The van der Waals surface area contributed by atoms with E-state index < -0.39 is 0 Å². The highest BCUT2D eigenvalue weighted by molar-refractivity contribution is 7.09. The second-order valence-corrected chi connectivity index (χ2v) is 7.09. The minimum absolute atomic E-state index is 0.161. The molecule has 1 aliphatic heterocycles. The maximum atomic E-state index is 12.2. The summed E-state index contributed by atoms with van der Waals surface area (Å²) in [6.07, 6.45) is 4.49. The number of amides is 1. The van der Waals surface area contributed by atoms with Gasteiger partial charge in [0.25, 0.3) is 0 Å². The first kappa shape index (κ1) is 15.0. The van der Waals surface area contributed by atoms with E-state index in [-0.39, 0.29) is 12.0 Å². The van der Waals surface area contributed by atoms with Gasteiger partial charge in [-0.15, -0.1) is 11.3 Å². The largest absolute Gasteiger partial charge is 0.391 e. The van der Waals surface area contributed by atoms with Crippen molar-refractivity contribution >= 4 is 17.2 Å². The maximum absolute atomic E-state index is 12.2. The van der Waals surface area contributed by atoms with Crippen molar-refractivity contribution in [1.82, 2.24) is 9.80 Å². The highest BCUT2D eigenvalue weighted by Crippen LogP contribution is 2.25. The van der Waals surface area contributed by atoms with Crippen LogP contribution in [-0.4, -0.2) is 59.1 Å². The molecule has 0 aromatic carbocycles. The van der Waals surface area contributed by atoms with E-state index in [1.807, 2.05) is 11.0 Å². The van der Waals surface area contributed by atoms with Gasteiger partial charge in [-0.3, -0.25) is 9.69 Å². The molecule has 0 bridgehead atoms. The lowest BCUT2D eigenvalue weighted by Crippen LogP contribution is -2.53. The molecule has 0 radical (unpaired) electrons. The minimum Gasteiger partial charge on any atom is -0.391 e. The molecule has 21 heavy (non-hydrogen) atoms. The van der Waals surface area contributed by atoms with Gasteiger partial charge < -0.3 is 10.0 Å². The summed E-state index contributed by atoms with van der Waals surface area (Å²) in [7, 11) is 0. The number of aliphatic hydroxyl groups is 1. The topological polar surface area (TPSA) is 43.8 Å². The second kappa shape index (κ2) is 6.90. The predicted octanol–water partition coefficient (Wildman–Crippen LogP) is 1.74. The zero-order valence-corrected chi connectivity index (χ0v) is 13.2. The number of aryl methyl sites for hydroxylation is 1. The van der Waals surface area contributed by atoms with E-state index in [0.29, 0.717) is 12.5 Å². The minimum atomic E-state index is -0.161. The van der Waals surface area contributed by atoms with Crippen LogP contribution in [0.15, 0.2) is 17.5 Å². The van der Waals surface area contributed by atoms with Gasteiger partial charge in [0.15, 0.2) is 0 Å². The normalized spacial score (nSPS) is 27.2. The van der Waals surface area contributed by atoms with Crippen molar-refractivity contribution < 1.29 is 9.90 Å². The molecule has 5 heteroatoms. The van der Waals surface area contributed by atoms with E-state index >= 15 is 0 Å². The smallest absolute Gasteiger partial charge is 0.223 e. The van der Waals surface area contributed by atoms with E-state index in [1.54, 1.807) is 11.3 Å². The standard InChI is InChI=1S/C16H24N2O2S/c19-15-5-1-4-14(15)17-8-10-18(11-9-17)16(20)7-6-13-3-2-12-21-13/h2-3,12,14-15,19H,1,4-11H2/t14-,15+/m1/s1. The Hall–Kier alpha value is -0.910. The molecule has 1 aliphatic carbocycles. The monoisotopic (exact) mass is 308 g/mol. The molecule has 2 fully saturated rings. The van der Waals surface area contributed by atoms with Gasteiger partial charge in [-0.25, -0.2) is 0 Å². The summed E-state index contributed by atoms with van der Waals surface area (Å²) < 4.78 is 0. The third kappa shape index (κ3) is 3.65. The third-order valence-electron chi connectivity index (χ3n) is 4.75. The van der Waals surface area contributed by atoms with Crippen LogP contribution in [-0.2, 0) is 11.2 Å². The van der Waals surface area contributed by atoms with Crippen LogP contribution < -0.4 is 0 Å². The zero-order chi connectivity index (χ0) is 14.7. The summed E-state index contributed by atoms with van der Waals surface area (Å²) in [6, 6.07) is 4.46. The summed E-state index contributed by atoms with van der Waals surface area (Å²) in [4.78, 5) is 17.9. The third-order valence-corrected chi connectivity index (χ3v) is 5.68. The molecule has 2 heterocycles. The van der Waals surface area contributed by atoms with Crippen LogP contribution in [0, 0.1) is 0 Å². The Labute approximate surface area is 130 Å². The van der Waals surface area contributed by atoms with Gasteiger partial charge in [0.1, 0.15) is 0 Å². The average Bonchev–Trinajstić information content (AvgIpc) is 3.16. The number of aliphatic hydroxyl groups excluding tert-OH is 1. The summed E-state index contributed by atoms with van der Waals surface area (Å²) in [5.74, 6) is 0.273. The first-order valence-corrected chi connectivity index (χ1v) is 8.84. The van der Waals surface area contributed by atoms with Crippen LogP contribution in [0.4, 0.5) is 0 Å². The van der Waals surface area contributed by atoms with Crippen molar-refractivity contribution in [3.05, 3.63) is 22.4 Å². The summed E-state index contributed by atoms with van der Waals surface area (Å²) in [5, 5.41) is 12.0. The van der Waals surface area contributed by atoms with Gasteiger partial charge >= 0.3 is 0 Å². The van der Waals surface area contributed by atoms with Crippen LogP contribution in [0.3, 0.4) is 0 Å². The Kier molecular flexibility index (Phi) is 4.93. The predicted molar refractivity (Wildman–Crippen MR) is 84.4 cm³/mol. The number of hydrogen-bond acceptors (Lipinski definition) is 4. The van der Waals surface area contributed by atoms with Crippen LogP contribution in [0.2, 0.25) is 0 Å². The zero-order valence-electron chi connectivity index (χ0n) is 12.4. The fourth-order valence-electron chi connectivity index (χ4n) is 3.49. The quantitative estimate of drug-likeness (QED) is 0.921. The van der Waals surface area contributed by atoms with E-state index in [0.717, 1.165) is 51.9 Å². The lowest BCUT2D eigenvalue weighted by Gasteiger charge is -2.39. The number of piperazine rings is 1. The van der Waals surface area contributed by atoms with Crippen LogP contribution in [0.25, 0.3) is 0 Å². The van der Waals surface area contributed by atoms with Gasteiger partial charge in [-0.05, 0) is 37.1 Å². The summed E-state index contributed by atoms with van der Waals surface area (Å²) >= 11 is 1.72. The highest BCUT2D eigenvalue weighted by atomic mass is 32.1. The molecular weight excluding hydrogens is 284 g/mol. The number of thiophene rings is 1. The molecule has 116 valence electrons. The van der Waals surface area contributed by atoms with Crippen molar-refractivity contribution in [1.29, 1.82) is 0 Å². The molecule has 1 saturated carbocycles. The number of carbonyl (C=O) groups is 1. The van der Waals surface area contributed by atoms with E-state index in [9.17, 15) is 9.90 Å². The molecule has 4 nitrogen and oxygen atoms in total. The summed E-state index contributed by atoms with van der Waals surface area (Å²) in [5.41, 5.74) is 0. The Morgan fingerprint density at radius 2 is 2.10 bits per heavy atom. The van der Waals surface area contributed by atoms with Crippen LogP contribution in [0.5, 0.6) is 0 Å². The van der Waals surface area contributed by atoms with Crippen molar-refractivity contribution in [2.75, 3.05) is 26.2 Å². The second-order valence-electron chi connectivity index (χ2n) is 6.06. The molecule has 1 aromatic rings. The molecule has 2 aliphatic rings. The number of carbonyl (C=O) groups excluding carboxylic acids is 1. The molecule has 1 saturated heterocycles. The van der Waals surface area contributed by atoms with Gasteiger partial charge in [0.05, 0.1) is 6.10 Å². The molecule has 1 N–H and O–H groups in total. The number of hydrogen-bond donors (Lipinski definition) is 1. The maximum Gasteiger partial charge on any atom is 0.223 e.